The first kappa shape index (κ1) is 22.5. The van der Waals surface area contributed by atoms with E-state index in [1.807, 2.05) is 29.3 Å². The summed E-state index contributed by atoms with van der Waals surface area (Å²) in [4.78, 5) is 18.1. The molecule has 1 fully saturated rings. The fraction of sp³-hybridized carbons (Fsp3) is 0.375. The molecule has 2 aliphatic rings. The zero-order valence-corrected chi connectivity index (χ0v) is 20.0. The van der Waals surface area contributed by atoms with Crippen molar-refractivity contribution < 1.29 is 4.74 Å². The molecular formula is C24H28N8OS. The second-order valence-electron chi connectivity index (χ2n) is 8.74. The molecule has 6 rings (SSSR count). The van der Waals surface area contributed by atoms with Crippen LogP contribution in [0.4, 0.5) is 5.82 Å². The van der Waals surface area contributed by atoms with Crippen LogP contribution in [-0.4, -0.2) is 56.0 Å². The lowest BCUT2D eigenvalue weighted by molar-refractivity contribution is 0.280. The first-order chi connectivity index (χ1) is 16.3. The van der Waals surface area contributed by atoms with Crippen LogP contribution in [-0.2, 0) is 6.42 Å². The van der Waals surface area contributed by atoms with E-state index in [1.54, 1.807) is 6.33 Å². The maximum absolute atomic E-state index is 5.93. The van der Waals surface area contributed by atoms with Crippen molar-refractivity contribution in [2.24, 2.45) is 0 Å². The summed E-state index contributed by atoms with van der Waals surface area (Å²) >= 11 is 0. The van der Waals surface area contributed by atoms with Gasteiger partial charge < -0.3 is 15.4 Å². The largest absolute Gasteiger partial charge is 0.491 e. The minimum absolute atomic E-state index is 0. The summed E-state index contributed by atoms with van der Waals surface area (Å²) < 4.78 is 7.94. The quantitative estimate of drug-likeness (QED) is 0.438. The van der Waals surface area contributed by atoms with Gasteiger partial charge in [0.1, 0.15) is 17.9 Å². The molecule has 176 valence electrons. The summed E-state index contributed by atoms with van der Waals surface area (Å²) in [6.45, 7) is 5.56. The van der Waals surface area contributed by atoms with E-state index < -0.39 is 0 Å². The number of aryl methyl sites for hydroxylation is 1. The van der Waals surface area contributed by atoms with E-state index in [4.69, 9.17) is 4.74 Å². The average Bonchev–Trinajstić information content (AvgIpc) is 3.24. The van der Waals surface area contributed by atoms with Crippen molar-refractivity contribution in [2.75, 3.05) is 31.6 Å². The number of rotatable bonds is 6. The van der Waals surface area contributed by atoms with Crippen molar-refractivity contribution in [1.82, 2.24) is 35.0 Å². The van der Waals surface area contributed by atoms with Gasteiger partial charge in [-0.3, -0.25) is 4.98 Å². The van der Waals surface area contributed by atoms with E-state index in [0.29, 0.717) is 6.04 Å². The number of nitrogens with one attached hydrogen (secondary N) is 2. The molecule has 0 bridgehead atoms. The highest BCUT2D eigenvalue weighted by Crippen LogP contribution is 2.32. The summed E-state index contributed by atoms with van der Waals surface area (Å²) in [5.74, 6) is 1.99. The molecular weight excluding hydrogens is 448 g/mol. The average molecular weight is 477 g/mol. The van der Waals surface area contributed by atoms with Crippen LogP contribution in [0.1, 0.15) is 36.6 Å². The van der Waals surface area contributed by atoms with Gasteiger partial charge >= 0.3 is 0 Å². The molecule has 1 atom stereocenters. The van der Waals surface area contributed by atoms with Crippen LogP contribution in [0.5, 0.6) is 5.75 Å². The summed E-state index contributed by atoms with van der Waals surface area (Å²) in [6.07, 6.45) is 9.22. The smallest absolute Gasteiger partial charge is 0.158 e. The normalized spacial score (nSPS) is 16.1. The predicted octanol–water partition coefficient (Wildman–Crippen LogP) is 3.08. The summed E-state index contributed by atoms with van der Waals surface area (Å²) in [5, 5.41) is 12.3. The molecule has 0 aromatic carbocycles. The first-order valence-corrected chi connectivity index (χ1v) is 11.5. The number of pyridine rings is 2. The summed E-state index contributed by atoms with van der Waals surface area (Å²) in [7, 11) is 0. The molecule has 0 amide bonds. The number of fused-ring (bicyclic) bond motifs is 2. The molecule has 4 aromatic heterocycles. The van der Waals surface area contributed by atoms with Gasteiger partial charge in [0, 0.05) is 60.5 Å². The van der Waals surface area contributed by atoms with Crippen LogP contribution in [0.15, 0.2) is 43.1 Å². The molecule has 4 aromatic rings. The van der Waals surface area contributed by atoms with Gasteiger partial charge in [0.25, 0.3) is 0 Å². The summed E-state index contributed by atoms with van der Waals surface area (Å²) in [6, 6.07) is 6.50. The fourth-order valence-corrected chi connectivity index (χ4v) is 4.43. The van der Waals surface area contributed by atoms with Gasteiger partial charge in [0.2, 0.25) is 0 Å². The number of aromatic nitrogens is 6. The maximum atomic E-state index is 5.93. The Labute approximate surface area is 204 Å². The molecule has 6 heterocycles. The highest BCUT2D eigenvalue weighted by atomic mass is 32.1. The molecule has 0 radical (unpaired) electrons. The van der Waals surface area contributed by atoms with Crippen LogP contribution in [0.2, 0.25) is 0 Å². The van der Waals surface area contributed by atoms with Gasteiger partial charge in [0.05, 0.1) is 30.2 Å². The van der Waals surface area contributed by atoms with E-state index in [-0.39, 0.29) is 19.4 Å². The zero-order valence-electron chi connectivity index (χ0n) is 19.0. The molecule has 0 saturated carbocycles. The van der Waals surface area contributed by atoms with E-state index in [2.05, 4.69) is 54.7 Å². The third kappa shape index (κ3) is 4.19. The molecule has 0 spiro atoms. The lowest BCUT2D eigenvalue weighted by atomic mass is 9.98. The molecule has 34 heavy (non-hydrogen) atoms. The van der Waals surface area contributed by atoms with Crippen molar-refractivity contribution in [3.8, 4) is 17.0 Å². The number of hydrogen-bond donors (Lipinski definition) is 2. The third-order valence-corrected chi connectivity index (χ3v) is 6.44. The van der Waals surface area contributed by atoms with Gasteiger partial charge in [-0.2, -0.15) is 18.6 Å². The highest BCUT2D eigenvalue weighted by Gasteiger charge is 2.22. The van der Waals surface area contributed by atoms with Crippen molar-refractivity contribution >= 4 is 30.3 Å². The molecule has 0 unspecified atom stereocenters. The maximum Gasteiger partial charge on any atom is 0.158 e. The molecule has 1 saturated heterocycles. The number of anilines is 1. The van der Waals surface area contributed by atoms with Crippen LogP contribution in [0.3, 0.4) is 0 Å². The Morgan fingerprint density at radius 3 is 2.94 bits per heavy atom. The van der Waals surface area contributed by atoms with E-state index in [1.165, 1.54) is 5.56 Å². The Bertz CT molecular complexity index is 1310. The monoisotopic (exact) mass is 476 g/mol. The molecule has 9 nitrogen and oxygen atoms in total. The van der Waals surface area contributed by atoms with Gasteiger partial charge in [-0.15, -0.1) is 0 Å². The van der Waals surface area contributed by atoms with Crippen molar-refractivity contribution in [2.45, 2.75) is 31.7 Å². The zero-order chi connectivity index (χ0) is 22.2. The first-order valence-electron chi connectivity index (χ1n) is 11.5. The minimum atomic E-state index is 0. The Hall–Kier alpha value is -3.24. The fourth-order valence-electron chi connectivity index (χ4n) is 4.43. The van der Waals surface area contributed by atoms with E-state index in [9.17, 15) is 0 Å². The van der Waals surface area contributed by atoms with Crippen LogP contribution < -0.4 is 15.4 Å². The molecule has 2 N–H and O–H groups in total. The van der Waals surface area contributed by atoms with Gasteiger partial charge in [-0.05, 0) is 25.0 Å². The van der Waals surface area contributed by atoms with Crippen LogP contribution >= 0.6 is 13.5 Å². The second kappa shape index (κ2) is 9.55. The van der Waals surface area contributed by atoms with Crippen LogP contribution in [0, 0.1) is 0 Å². The lowest BCUT2D eigenvalue weighted by Gasteiger charge is -2.27. The van der Waals surface area contributed by atoms with Crippen LogP contribution in [0.25, 0.3) is 22.3 Å². The third-order valence-electron chi connectivity index (χ3n) is 6.44. The second-order valence-corrected chi connectivity index (χ2v) is 8.74. The van der Waals surface area contributed by atoms with E-state index >= 15 is 0 Å². The standard InChI is InChI=1S/C24H26N8O.H2S/c1-15(19-4-5-26-20-3-2-6-33-23(19)20)9-27-22-8-21(29-14-30-22)16-7-17-11-31-32(18-12-25-13-18)24(17)28-10-16;/h4-5,7-8,10-11,14-15,18,25H,2-3,6,9,12-13H2,1H3,(H,27,29,30);1H2/t15-;/m1./s1. The number of ether oxygens (including phenoxy) is 1. The minimum Gasteiger partial charge on any atom is -0.491 e. The van der Waals surface area contributed by atoms with E-state index in [0.717, 1.165) is 78.6 Å². The highest BCUT2D eigenvalue weighted by molar-refractivity contribution is 7.59. The molecule has 0 aliphatic carbocycles. The number of hydrogen-bond acceptors (Lipinski definition) is 8. The Morgan fingerprint density at radius 1 is 1.18 bits per heavy atom. The van der Waals surface area contributed by atoms with Gasteiger partial charge in [0.15, 0.2) is 5.65 Å². The summed E-state index contributed by atoms with van der Waals surface area (Å²) in [5.41, 5.74) is 4.94. The Morgan fingerprint density at radius 2 is 2.09 bits per heavy atom. The van der Waals surface area contributed by atoms with Crippen molar-refractivity contribution in [1.29, 1.82) is 0 Å². The topological polar surface area (TPSA) is 103 Å². The van der Waals surface area contributed by atoms with Crippen molar-refractivity contribution in [3.05, 3.63) is 54.4 Å². The van der Waals surface area contributed by atoms with Gasteiger partial charge in [-0.25, -0.2) is 19.6 Å². The Kier molecular flexibility index (Phi) is 6.34. The number of nitrogens with zero attached hydrogens (tertiary/aromatic N) is 6. The molecule has 2 aliphatic heterocycles. The Balaban J connectivity index is 0.00000241. The SMILES string of the molecule is C[C@H](CNc1cc(-c2cnc3c(cnn3C3CNC3)c2)ncn1)c1ccnc2c1OCCC2.S. The lowest BCUT2D eigenvalue weighted by Crippen LogP contribution is -2.43. The van der Waals surface area contributed by atoms with Crippen molar-refractivity contribution in [3.63, 3.8) is 0 Å². The predicted molar refractivity (Wildman–Crippen MR) is 136 cm³/mol. The molecule has 10 heteroatoms. The van der Waals surface area contributed by atoms with Gasteiger partial charge in [-0.1, -0.05) is 6.92 Å².